The number of sulfonamides is 1. The van der Waals surface area contributed by atoms with E-state index in [0.29, 0.717) is 25.4 Å². The van der Waals surface area contributed by atoms with Crippen molar-refractivity contribution in [3.8, 4) is 0 Å². The normalized spacial score (nSPS) is 36.9. The van der Waals surface area contributed by atoms with E-state index < -0.39 is 15.4 Å². The summed E-state index contributed by atoms with van der Waals surface area (Å²) in [5.74, 6) is 0.619. The maximum Gasteiger partial charge on any atom is 0.215 e. The minimum absolute atomic E-state index is 0.0440. The molecule has 2 aliphatic carbocycles. The SMILES string of the molecule is CC1(C)[C@@H]2CC[C@@]1(CS(=O)(=O)N1CCCCCC1)C(=O)C2. The molecule has 5 heteroatoms. The summed E-state index contributed by atoms with van der Waals surface area (Å²) >= 11 is 0. The van der Waals surface area contributed by atoms with Crippen molar-refractivity contribution in [2.45, 2.75) is 58.8 Å². The molecule has 2 bridgehead atoms. The molecule has 120 valence electrons. The lowest BCUT2D eigenvalue weighted by molar-refractivity contribution is -0.128. The zero-order valence-electron chi connectivity index (χ0n) is 13.2. The molecule has 0 aromatic carbocycles. The highest BCUT2D eigenvalue weighted by atomic mass is 32.2. The van der Waals surface area contributed by atoms with Gasteiger partial charge in [0.05, 0.1) is 5.75 Å². The molecule has 0 aromatic rings. The molecule has 3 fully saturated rings. The summed E-state index contributed by atoms with van der Waals surface area (Å²) in [5.41, 5.74) is -0.786. The molecule has 1 heterocycles. The van der Waals surface area contributed by atoms with E-state index in [1.807, 2.05) is 0 Å². The molecule has 0 spiro atoms. The Labute approximate surface area is 128 Å². The number of fused-ring (bicyclic) bond motifs is 2. The van der Waals surface area contributed by atoms with Gasteiger partial charge in [-0.25, -0.2) is 12.7 Å². The average molecular weight is 313 g/mol. The zero-order chi connectivity index (χ0) is 15.3. The van der Waals surface area contributed by atoms with Crippen LogP contribution in [0.5, 0.6) is 0 Å². The van der Waals surface area contributed by atoms with Crippen molar-refractivity contribution in [1.29, 1.82) is 0 Å². The van der Waals surface area contributed by atoms with Crippen LogP contribution in [0, 0.1) is 16.7 Å². The second kappa shape index (κ2) is 5.05. The number of ketones is 1. The Kier molecular flexibility index (Phi) is 3.72. The summed E-state index contributed by atoms with van der Waals surface area (Å²) in [5, 5.41) is 0. The molecule has 1 aliphatic heterocycles. The van der Waals surface area contributed by atoms with Gasteiger partial charge in [0.15, 0.2) is 0 Å². The van der Waals surface area contributed by atoms with Gasteiger partial charge >= 0.3 is 0 Å². The Bertz CT molecular complexity index is 532. The molecule has 1 saturated heterocycles. The van der Waals surface area contributed by atoms with E-state index in [0.717, 1.165) is 38.5 Å². The fourth-order valence-electron chi connectivity index (χ4n) is 4.83. The third-order valence-electron chi connectivity index (χ3n) is 6.53. The van der Waals surface area contributed by atoms with Crippen LogP contribution in [-0.2, 0) is 14.8 Å². The van der Waals surface area contributed by atoms with E-state index >= 15 is 0 Å². The molecule has 0 unspecified atom stereocenters. The number of Topliss-reactive ketones (excluding diaryl/α,β-unsaturated/α-hetero) is 1. The first-order chi connectivity index (χ1) is 9.80. The van der Waals surface area contributed by atoms with E-state index in [9.17, 15) is 13.2 Å². The first kappa shape index (κ1) is 15.5. The Balaban J connectivity index is 1.86. The van der Waals surface area contributed by atoms with Crippen molar-refractivity contribution < 1.29 is 13.2 Å². The van der Waals surface area contributed by atoms with Crippen molar-refractivity contribution in [3.05, 3.63) is 0 Å². The van der Waals surface area contributed by atoms with Crippen molar-refractivity contribution in [1.82, 2.24) is 4.31 Å². The van der Waals surface area contributed by atoms with Gasteiger partial charge in [-0.3, -0.25) is 4.79 Å². The quantitative estimate of drug-likeness (QED) is 0.805. The molecule has 0 radical (unpaired) electrons. The molecule has 3 aliphatic rings. The minimum atomic E-state index is -3.33. The Hall–Kier alpha value is -0.420. The highest BCUT2D eigenvalue weighted by Gasteiger charge is 2.65. The largest absolute Gasteiger partial charge is 0.299 e. The molecule has 2 atom stereocenters. The number of hydrogen-bond donors (Lipinski definition) is 0. The molecule has 4 nitrogen and oxygen atoms in total. The van der Waals surface area contributed by atoms with Crippen LogP contribution in [0.15, 0.2) is 0 Å². The Morgan fingerprint density at radius 1 is 1.14 bits per heavy atom. The van der Waals surface area contributed by atoms with E-state index in [1.165, 1.54) is 0 Å². The fraction of sp³-hybridized carbons (Fsp3) is 0.938. The smallest absolute Gasteiger partial charge is 0.215 e. The van der Waals surface area contributed by atoms with Crippen LogP contribution in [-0.4, -0.2) is 37.3 Å². The Morgan fingerprint density at radius 2 is 1.76 bits per heavy atom. The third kappa shape index (κ3) is 2.27. The van der Waals surface area contributed by atoms with Gasteiger partial charge in [-0.05, 0) is 37.0 Å². The zero-order valence-corrected chi connectivity index (χ0v) is 14.0. The van der Waals surface area contributed by atoms with Crippen molar-refractivity contribution in [2.24, 2.45) is 16.7 Å². The van der Waals surface area contributed by atoms with Crippen LogP contribution < -0.4 is 0 Å². The van der Waals surface area contributed by atoms with Crippen molar-refractivity contribution >= 4 is 15.8 Å². The summed E-state index contributed by atoms with van der Waals surface area (Å²) in [6.07, 6.45) is 6.49. The van der Waals surface area contributed by atoms with Gasteiger partial charge in [0.25, 0.3) is 0 Å². The highest BCUT2D eigenvalue weighted by Crippen LogP contribution is 2.64. The van der Waals surface area contributed by atoms with Crippen LogP contribution in [0.25, 0.3) is 0 Å². The monoisotopic (exact) mass is 313 g/mol. The first-order valence-corrected chi connectivity index (χ1v) is 9.92. The predicted molar refractivity (Wildman–Crippen MR) is 82.4 cm³/mol. The molecule has 0 aromatic heterocycles. The molecule has 0 amide bonds. The lowest BCUT2D eigenvalue weighted by Gasteiger charge is -2.37. The summed E-state index contributed by atoms with van der Waals surface area (Å²) in [7, 11) is -3.33. The van der Waals surface area contributed by atoms with Crippen LogP contribution in [0.2, 0.25) is 0 Å². The second-order valence-electron chi connectivity index (χ2n) is 7.74. The fourth-order valence-corrected chi connectivity index (χ4v) is 7.13. The van der Waals surface area contributed by atoms with Gasteiger partial charge in [0.2, 0.25) is 10.0 Å². The van der Waals surface area contributed by atoms with Crippen LogP contribution in [0.1, 0.15) is 58.8 Å². The second-order valence-corrected chi connectivity index (χ2v) is 9.71. The summed E-state index contributed by atoms with van der Waals surface area (Å²) in [6, 6.07) is 0. The first-order valence-electron chi connectivity index (χ1n) is 8.31. The maximum atomic E-state index is 12.9. The molecular weight excluding hydrogens is 286 g/mol. The Morgan fingerprint density at radius 3 is 2.24 bits per heavy atom. The lowest BCUT2D eigenvalue weighted by Crippen LogP contribution is -2.46. The van der Waals surface area contributed by atoms with Gasteiger partial charge in [-0.2, -0.15) is 0 Å². The van der Waals surface area contributed by atoms with Gasteiger partial charge < -0.3 is 0 Å². The number of carbonyl (C=O) groups excluding carboxylic acids is 1. The van der Waals surface area contributed by atoms with Crippen LogP contribution in [0.3, 0.4) is 0 Å². The van der Waals surface area contributed by atoms with Gasteiger partial charge in [0.1, 0.15) is 5.78 Å². The van der Waals surface area contributed by atoms with Gasteiger partial charge in [0, 0.05) is 24.9 Å². The van der Waals surface area contributed by atoms with E-state index in [2.05, 4.69) is 13.8 Å². The molecule has 3 rings (SSSR count). The molecular formula is C16H27NO3S. The maximum absolute atomic E-state index is 12.9. The molecule has 21 heavy (non-hydrogen) atoms. The topological polar surface area (TPSA) is 54.5 Å². The number of hydrogen-bond acceptors (Lipinski definition) is 3. The summed E-state index contributed by atoms with van der Waals surface area (Å²) < 4.78 is 27.4. The number of rotatable bonds is 3. The predicted octanol–water partition coefficient (Wildman–Crippen LogP) is 2.59. The summed E-state index contributed by atoms with van der Waals surface area (Å²) in [4.78, 5) is 12.5. The van der Waals surface area contributed by atoms with E-state index in [1.54, 1.807) is 4.31 Å². The van der Waals surface area contributed by atoms with Gasteiger partial charge in [-0.15, -0.1) is 0 Å². The van der Waals surface area contributed by atoms with E-state index in [-0.39, 0.29) is 17.0 Å². The number of carbonyl (C=O) groups is 1. The lowest BCUT2D eigenvalue weighted by atomic mass is 9.70. The van der Waals surface area contributed by atoms with Crippen LogP contribution in [0.4, 0.5) is 0 Å². The van der Waals surface area contributed by atoms with Gasteiger partial charge in [-0.1, -0.05) is 26.7 Å². The van der Waals surface area contributed by atoms with Crippen molar-refractivity contribution in [3.63, 3.8) is 0 Å². The third-order valence-corrected chi connectivity index (χ3v) is 8.54. The van der Waals surface area contributed by atoms with E-state index in [4.69, 9.17) is 0 Å². The van der Waals surface area contributed by atoms with Crippen LogP contribution >= 0.6 is 0 Å². The van der Waals surface area contributed by atoms with Crippen molar-refractivity contribution in [2.75, 3.05) is 18.8 Å². The molecule has 0 N–H and O–H groups in total. The minimum Gasteiger partial charge on any atom is -0.299 e. The standard InChI is InChI=1S/C16H27NO3S/c1-15(2)13-7-8-16(15,14(18)11-13)12-21(19,20)17-9-5-3-4-6-10-17/h13H,3-12H2,1-2H3/t13-,16-/m1/s1. The molecule has 2 saturated carbocycles. The average Bonchev–Trinajstić information content (AvgIpc) is 2.69. The summed E-state index contributed by atoms with van der Waals surface area (Å²) in [6.45, 7) is 5.48. The highest BCUT2D eigenvalue weighted by molar-refractivity contribution is 7.89. The number of nitrogens with zero attached hydrogens (tertiary/aromatic N) is 1.